The molecule has 11 heteroatoms. The maximum atomic E-state index is 12.8. The number of anilines is 1. The van der Waals surface area contributed by atoms with Gasteiger partial charge in [-0.3, -0.25) is 4.98 Å². The van der Waals surface area contributed by atoms with Crippen molar-refractivity contribution < 1.29 is 17.9 Å². The summed E-state index contributed by atoms with van der Waals surface area (Å²) in [5, 5.41) is 5.33. The van der Waals surface area contributed by atoms with Crippen LogP contribution in [0.25, 0.3) is 16.6 Å². The number of rotatable bonds is 4. The van der Waals surface area contributed by atoms with Crippen LogP contribution in [0.15, 0.2) is 36.5 Å². The van der Waals surface area contributed by atoms with Crippen LogP contribution < -0.4 is 16.2 Å². The number of hydrogen-bond donors (Lipinski definition) is 2. The Morgan fingerprint density at radius 2 is 1.91 bits per heavy atom. The zero-order valence-electron chi connectivity index (χ0n) is 17.0. The normalized spacial score (nSPS) is 19.8. The maximum Gasteiger partial charge on any atom is 0.407 e. The number of para-hydroxylation sites is 1. The van der Waals surface area contributed by atoms with Gasteiger partial charge in [0.25, 0.3) is 0 Å². The first kappa shape index (κ1) is 20.4. The van der Waals surface area contributed by atoms with E-state index < -0.39 is 12.2 Å². The highest BCUT2D eigenvalue weighted by Crippen LogP contribution is 2.46. The van der Waals surface area contributed by atoms with Gasteiger partial charge in [0, 0.05) is 29.1 Å². The molecule has 8 nitrogen and oxygen atoms in total. The third kappa shape index (κ3) is 3.29. The van der Waals surface area contributed by atoms with Crippen molar-refractivity contribution in [3.63, 3.8) is 0 Å². The second-order valence-corrected chi connectivity index (χ2v) is 7.93. The van der Waals surface area contributed by atoms with E-state index >= 15 is 0 Å². The minimum absolute atomic E-state index is 0.0515. The van der Waals surface area contributed by atoms with Gasteiger partial charge in [-0.25, -0.2) is 9.97 Å². The Hall–Kier alpha value is -3.47. The van der Waals surface area contributed by atoms with Crippen LogP contribution in [0.3, 0.4) is 0 Å². The molecular weight excluding hydrogens is 423 g/mol. The van der Waals surface area contributed by atoms with Gasteiger partial charge >= 0.3 is 6.18 Å². The molecule has 1 aliphatic rings. The van der Waals surface area contributed by atoms with Gasteiger partial charge in [0.2, 0.25) is 5.95 Å². The lowest BCUT2D eigenvalue weighted by Gasteiger charge is -2.33. The van der Waals surface area contributed by atoms with Crippen LogP contribution in [0.4, 0.5) is 19.1 Å². The van der Waals surface area contributed by atoms with Crippen molar-refractivity contribution in [3.8, 4) is 5.75 Å². The van der Waals surface area contributed by atoms with E-state index in [2.05, 4.69) is 15.1 Å². The number of ether oxygens (including phenoxy) is 1. The first-order valence-electron chi connectivity index (χ1n) is 10.0. The van der Waals surface area contributed by atoms with E-state index in [1.165, 1.54) is 16.8 Å². The number of methoxy groups -OCH3 is 1. The Morgan fingerprint density at radius 3 is 2.56 bits per heavy atom. The largest absolute Gasteiger partial charge is 0.494 e. The summed E-state index contributed by atoms with van der Waals surface area (Å²) in [6.07, 6.45) is -1.81. The molecule has 3 heterocycles. The summed E-state index contributed by atoms with van der Waals surface area (Å²) < 4.78 is 45.2. The number of halogens is 3. The van der Waals surface area contributed by atoms with Crippen LogP contribution in [0.2, 0.25) is 0 Å². The van der Waals surface area contributed by atoms with Crippen molar-refractivity contribution in [2.75, 3.05) is 12.8 Å². The average Bonchev–Trinajstić information content (AvgIpc) is 3.17. The predicted molar refractivity (Wildman–Crippen MR) is 111 cm³/mol. The summed E-state index contributed by atoms with van der Waals surface area (Å²) in [4.78, 5) is 13.3. The molecule has 0 bridgehead atoms. The van der Waals surface area contributed by atoms with Crippen molar-refractivity contribution >= 4 is 22.5 Å². The third-order valence-corrected chi connectivity index (χ3v) is 5.97. The molecule has 1 saturated carbocycles. The predicted octanol–water partition coefficient (Wildman–Crippen LogP) is 3.49. The van der Waals surface area contributed by atoms with Crippen LogP contribution in [0.5, 0.6) is 5.75 Å². The Balaban J connectivity index is 1.37. The van der Waals surface area contributed by atoms with Gasteiger partial charge in [0.15, 0.2) is 11.5 Å². The molecule has 0 amide bonds. The van der Waals surface area contributed by atoms with Gasteiger partial charge in [0.05, 0.1) is 7.11 Å². The monoisotopic (exact) mass is 443 g/mol. The lowest BCUT2D eigenvalue weighted by molar-refractivity contribution is -0.149. The van der Waals surface area contributed by atoms with Gasteiger partial charge in [0.1, 0.15) is 17.3 Å². The molecule has 1 fully saturated rings. The van der Waals surface area contributed by atoms with Crippen LogP contribution in [0, 0.1) is 0 Å². The molecule has 0 spiro atoms. The van der Waals surface area contributed by atoms with E-state index in [0.717, 1.165) is 23.9 Å². The van der Waals surface area contributed by atoms with Crippen molar-refractivity contribution in [2.24, 2.45) is 5.73 Å². The van der Waals surface area contributed by atoms with E-state index in [9.17, 15) is 13.2 Å². The number of aromatic nitrogens is 5. The maximum absolute atomic E-state index is 12.8. The second-order valence-electron chi connectivity index (χ2n) is 7.93. The van der Waals surface area contributed by atoms with Crippen molar-refractivity contribution in [1.29, 1.82) is 0 Å². The van der Waals surface area contributed by atoms with E-state index in [1.54, 1.807) is 19.2 Å². The first-order valence-corrected chi connectivity index (χ1v) is 10.0. The number of fused-ring (bicyclic) bond motifs is 3. The fraction of sp³-hybridized carbons (Fsp3) is 0.333. The minimum atomic E-state index is -4.50. The molecule has 1 aliphatic carbocycles. The van der Waals surface area contributed by atoms with Crippen molar-refractivity contribution in [2.45, 2.75) is 36.9 Å². The highest BCUT2D eigenvalue weighted by molar-refractivity contribution is 5.95. The number of hydrogen-bond acceptors (Lipinski definition) is 7. The van der Waals surface area contributed by atoms with E-state index in [-0.39, 0.29) is 23.3 Å². The molecular formula is C21H20F3N7O. The van der Waals surface area contributed by atoms with Gasteiger partial charge in [-0.2, -0.15) is 17.7 Å². The van der Waals surface area contributed by atoms with E-state index in [0.29, 0.717) is 22.7 Å². The number of benzene rings is 1. The molecule has 0 aliphatic heterocycles. The second kappa shape index (κ2) is 7.30. The number of nitrogens with zero attached hydrogens (tertiary/aromatic N) is 5. The Morgan fingerprint density at radius 1 is 1.12 bits per heavy atom. The topological polar surface area (TPSA) is 117 Å². The zero-order chi connectivity index (χ0) is 22.6. The molecule has 4 N–H and O–H groups in total. The summed E-state index contributed by atoms with van der Waals surface area (Å²) >= 11 is 0. The molecule has 166 valence electrons. The Kier molecular flexibility index (Phi) is 4.66. The zero-order valence-corrected chi connectivity index (χ0v) is 17.0. The Labute approximate surface area is 180 Å². The molecule has 1 atom stereocenters. The third-order valence-electron chi connectivity index (χ3n) is 5.97. The van der Waals surface area contributed by atoms with Crippen LogP contribution in [-0.2, 0) is 0 Å². The lowest BCUT2D eigenvalue weighted by Crippen LogP contribution is -2.28. The van der Waals surface area contributed by atoms with E-state index in [1.807, 2.05) is 12.1 Å². The molecule has 4 aromatic rings. The molecule has 0 radical (unpaired) electrons. The molecule has 1 aromatic carbocycles. The summed E-state index contributed by atoms with van der Waals surface area (Å²) in [6.45, 7) is 0. The lowest BCUT2D eigenvalue weighted by atomic mass is 9.72. The molecule has 3 aromatic heterocycles. The Bertz CT molecular complexity index is 1300. The SMILES string of the molecule is COc1cccc2c1nc(N)n1nc([C@H]3C[C@@H](c4ccc([C@H](N)C(F)(F)F)cn4)C3)nc21. The minimum Gasteiger partial charge on any atom is -0.494 e. The first-order chi connectivity index (χ1) is 15.3. The fourth-order valence-electron chi connectivity index (χ4n) is 4.08. The molecule has 32 heavy (non-hydrogen) atoms. The van der Waals surface area contributed by atoms with Crippen LogP contribution in [-0.4, -0.2) is 37.9 Å². The average molecular weight is 443 g/mol. The quantitative estimate of drug-likeness (QED) is 0.496. The van der Waals surface area contributed by atoms with Crippen LogP contribution in [0.1, 0.15) is 47.8 Å². The van der Waals surface area contributed by atoms with Crippen molar-refractivity contribution in [3.05, 3.63) is 53.6 Å². The number of pyridine rings is 1. The van der Waals surface area contributed by atoms with Gasteiger partial charge in [-0.15, -0.1) is 5.10 Å². The van der Waals surface area contributed by atoms with Gasteiger partial charge in [-0.1, -0.05) is 12.1 Å². The molecule has 0 unspecified atom stereocenters. The summed E-state index contributed by atoms with van der Waals surface area (Å²) in [5.41, 5.74) is 13.2. The summed E-state index contributed by atoms with van der Waals surface area (Å²) in [6, 6.07) is 6.52. The van der Waals surface area contributed by atoms with Crippen molar-refractivity contribution in [1.82, 2.24) is 24.6 Å². The highest BCUT2D eigenvalue weighted by atomic mass is 19.4. The molecule has 0 saturated heterocycles. The summed E-state index contributed by atoms with van der Waals surface area (Å²) in [5.74, 6) is 1.68. The smallest absolute Gasteiger partial charge is 0.407 e. The van der Waals surface area contributed by atoms with E-state index in [4.69, 9.17) is 21.2 Å². The highest BCUT2D eigenvalue weighted by Gasteiger charge is 2.39. The fourth-order valence-corrected chi connectivity index (χ4v) is 4.08. The van der Waals surface area contributed by atoms with Gasteiger partial charge < -0.3 is 16.2 Å². The number of nitrogen functional groups attached to an aromatic ring is 1. The standard InChI is InChI=1S/C21H20F3N7O/c1-32-15-4-2-3-13-16(15)28-20(26)31-19(13)29-18(30-31)12-7-11(8-12)14-6-5-10(9-27-14)17(25)21(22,23)24/h2-6,9,11-12,17H,7-8,25H2,1H3,(H2,26,28)/t11-,12+,17-/m0/s1. The number of alkyl halides is 3. The van der Waals surface area contributed by atoms with Gasteiger partial charge in [-0.05, 0) is 36.6 Å². The van der Waals surface area contributed by atoms with Crippen LogP contribution >= 0.6 is 0 Å². The summed E-state index contributed by atoms with van der Waals surface area (Å²) in [7, 11) is 1.57. The number of nitrogens with two attached hydrogens (primary N) is 2. The molecule has 5 rings (SSSR count).